The number of para-hydroxylation sites is 1. The lowest BCUT2D eigenvalue weighted by Gasteiger charge is -2.16. The van der Waals surface area contributed by atoms with Crippen LogP contribution in [0, 0.1) is 6.92 Å². The van der Waals surface area contributed by atoms with E-state index >= 15 is 0 Å². The lowest BCUT2D eigenvalue weighted by atomic mass is 9.98. The predicted octanol–water partition coefficient (Wildman–Crippen LogP) is 3.75. The molecule has 1 fully saturated rings. The normalized spacial score (nSPS) is 16.7. The van der Waals surface area contributed by atoms with Crippen molar-refractivity contribution >= 4 is 17.4 Å². The number of hydrogen-bond acceptors (Lipinski definition) is 5. The van der Waals surface area contributed by atoms with Crippen molar-refractivity contribution < 1.29 is 9.53 Å². The van der Waals surface area contributed by atoms with E-state index in [-0.39, 0.29) is 12.0 Å². The van der Waals surface area contributed by atoms with Crippen LogP contribution in [0.25, 0.3) is 0 Å². The molecule has 0 spiro atoms. The van der Waals surface area contributed by atoms with Crippen LogP contribution in [0.15, 0.2) is 30.6 Å². The molecule has 1 aromatic carbocycles. The van der Waals surface area contributed by atoms with Gasteiger partial charge in [0.15, 0.2) is 0 Å². The molecule has 1 saturated heterocycles. The smallest absolute Gasteiger partial charge is 0.275 e. The fourth-order valence-electron chi connectivity index (χ4n) is 3.08. The highest BCUT2D eigenvalue weighted by Crippen LogP contribution is 2.27. The van der Waals surface area contributed by atoms with Crippen LogP contribution >= 0.6 is 0 Å². The van der Waals surface area contributed by atoms with Crippen LogP contribution in [-0.4, -0.2) is 35.1 Å². The lowest BCUT2D eigenvalue weighted by Crippen LogP contribution is -2.20. The van der Waals surface area contributed by atoms with Gasteiger partial charge in [0.2, 0.25) is 0 Å². The Bertz CT molecular complexity index is 753. The molecule has 0 saturated carbocycles. The molecular weight excluding hydrogens is 328 g/mol. The molecule has 2 heterocycles. The highest BCUT2D eigenvalue weighted by molar-refractivity contribution is 6.03. The van der Waals surface area contributed by atoms with E-state index in [0.29, 0.717) is 24.0 Å². The summed E-state index contributed by atoms with van der Waals surface area (Å²) < 4.78 is 5.57. The van der Waals surface area contributed by atoms with Gasteiger partial charge in [-0.3, -0.25) is 4.79 Å². The molecule has 1 unspecified atom stereocenters. The summed E-state index contributed by atoms with van der Waals surface area (Å²) in [6, 6.07) is 6.04. The highest BCUT2D eigenvalue weighted by atomic mass is 16.5. The van der Waals surface area contributed by atoms with Gasteiger partial charge in [0, 0.05) is 18.8 Å². The fraction of sp³-hybridized carbons (Fsp3) is 0.450. The van der Waals surface area contributed by atoms with Crippen LogP contribution in [0.3, 0.4) is 0 Å². The Labute approximate surface area is 154 Å². The summed E-state index contributed by atoms with van der Waals surface area (Å²) in [5.74, 6) is 0.718. The topological polar surface area (TPSA) is 76.1 Å². The van der Waals surface area contributed by atoms with Crippen molar-refractivity contribution in [2.45, 2.75) is 45.6 Å². The summed E-state index contributed by atoms with van der Waals surface area (Å²) in [7, 11) is 0. The second-order valence-corrected chi connectivity index (χ2v) is 6.95. The zero-order valence-electron chi connectivity index (χ0n) is 15.6. The molecule has 1 aromatic heterocycles. The summed E-state index contributed by atoms with van der Waals surface area (Å²) in [4.78, 5) is 21.1. The Morgan fingerprint density at radius 1 is 1.31 bits per heavy atom. The lowest BCUT2D eigenvalue weighted by molar-refractivity contribution is 0.102. The number of ether oxygens (including phenoxy) is 1. The van der Waals surface area contributed by atoms with Gasteiger partial charge in [0.25, 0.3) is 5.91 Å². The third-order valence-electron chi connectivity index (χ3n) is 4.58. The van der Waals surface area contributed by atoms with Gasteiger partial charge in [-0.15, -0.1) is 0 Å². The molecule has 26 heavy (non-hydrogen) atoms. The molecule has 6 nitrogen and oxygen atoms in total. The van der Waals surface area contributed by atoms with Crippen molar-refractivity contribution in [2.24, 2.45) is 0 Å². The zero-order chi connectivity index (χ0) is 18.5. The monoisotopic (exact) mass is 354 g/mol. The second kappa shape index (κ2) is 8.27. The molecule has 1 aliphatic heterocycles. The number of aromatic nitrogens is 2. The van der Waals surface area contributed by atoms with E-state index in [1.165, 1.54) is 6.20 Å². The third-order valence-corrected chi connectivity index (χ3v) is 4.58. The van der Waals surface area contributed by atoms with Crippen LogP contribution in [0.2, 0.25) is 0 Å². The predicted molar refractivity (Wildman–Crippen MR) is 103 cm³/mol. The molecule has 1 aliphatic rings. The number of rotatable bonds is 6. The molecule has 1 amide bonds. The SMILES string of the molecule is Cc1cccc(C(C)C)c1NC(=O)c1cnc(NCC2CCCO2)cn1. The van der Waals surface area contributed by atoms with Gasteiger partial charge in [-0.25, -0.2) is 9.97 Å². The fourth-order valence-corrected chi connectivity index (χ4v) is 3.08. The first-order valence-corrected chi connectivity index (χ1v) is 9.13. The molecule has 138 valence electrons. The Morgan fingerprint density at radius 2 is 2.15 bits per heavy atom. The standard InChI is InChI=1S/C20H26N4O2/c1-13(2)16-8-4-6-14(3)19(16)24-20(25)17-11-23-18(12-21-17)22-10-15-7-5-9-26-15/h4,6,8,11-13,15H,5,7,9-10H2,1-3H3,(H,22,23)(H,24,25). The summed E-state index contributed by atoms with van der Waals surface area (Å²) in [6.07, 6.45) is 5.49. The summed E-state index contributed by atoms with van der Waals surface area (Å²) >= 11 is 0. The number of benzene rings is 1. The van der Waals surface area contributed by atoms with Crippen LogP contribution < -0.4 is 10.6 Å². The first kappa shape index (κ1) is 18.3. The average Bonchev–Trinajstić information content (AvgIpc) is 3.15. The van der Waals surface area contributed by atoms with E-state index in [4.69, 9.17) is 4.74 Å². The van der Waals surface area contributed by atoms with Gasteiger partial charge >= 0.3 is 0 Å². The third kappa shape index (κ3) is 4.38. The minimum absolute atomic E-state index is 0.232. The number of anilines is 2. The number of amides is 1. The largest absolute Gasteiger partial charge is 0.376 e. The summed E-state index contributed by atoms with van der Waals surface area (Å²) in [5, 5.41) is 6.20. The first-order valence-electron chi connectivity index (χ1n) is 9.13. The Balaban J connectivity index is 1.65. The minimum Gasteiger partial charge on any atom is -0.376 e. The molecule has 6 heteroatoms. The summed E-state index contributed by atoms with van der Waals surface area (Å²) in [5.41, 5.74) is 3.30. The van der Waals surface area contributed by atoms with Gasteiger partial charge in [0.05, 0.1) is 18.5 Å². The van der Waals surface area contributed by atoms with E-state index < -0.39 is 0 Å². The second-order valence-electron chi connectivity index (χ2n) is 6.95. The maximum atomic E-state index is 12.6. The number of aryl methyl sites for hydroxylation is 1. The molecule has 2 aromatic rings. The van der Waals surface area contributed by atoms with E-state index in [1.54, 1.807) is 6.20 Å². The van der Waals surface area contributed by atoms with Gasteiger partial charge in [-0.05, 0) is 36.8 Å². The van der Waals surface area contributed by atoms with Gasteiger partial charge < -0.3 is 15.4 Å². The zero-order valence-corrected chi connectivity index (χ0v) is 15.6. The van der Waals surface area contributed by atoms with Crippen LogP contribution in [0.5, 0.6) is 0 Å². The molecule has 0 radical (unpaired) electrons. The molecule has 0 aliphatic carbocycles. The van der Waals surface area contributed by atoms with Crippen molar-refractivity contribution in [2.75, 3.05) is 23.8 Å². The number of nitrogens with zero attached hydrogens (tertiary/aromatic N) is 2. The van der Waals surface area contributed by atoms with Crippen LogP contribution in [0.1, 0.15) is 54.2 Å². The average molecular weight is 354 g/mol. The van der Waals surface area contributed by atoms with Gasteiger partial charge in [-0.2, -0.15) is 0 Å². The Hall–Kier alpha value is -2.47. The van der Waals surface area contributed by atoms with E-state index in [1.807, 2.05) is 25.1 Å². The maximum Gasteiger partial charge on any atom is 0.275 e. The van der Waals surface area contributed by atoms with Crippen LogP contribution in [-0.2, 0) is 4.74 Å². The molecule has 0 bridgehead atoms. The first-order chi connectivity index (χ1) is 12.5. The van der Waals surface area contributed by atoms with Crippen molar-refractivity contribution in [3.63, 3.8) is 0 Å². The molecular formula is C20H26N4O2. The molecule has 2 N–H and O–H groups in total. The highest BCUT2D eigenvalue weighted by Gasteiger charge is 2.16. The van der Waals surface area contributed by atoms with Crippen molar-refractivity contribution in [3.05, 3.63) is 47.4 Å². The van der Waals surface area contributed by atoms with Crippen LogP contribution in [0.4, 0.5) is 11.5 Å². The van der Waals surface area contributed by atoms with E-state index in [0.717, 1.165) is 36.3 Å². The van der Waals surface area contributed by atoms with Crippen molar-refractivity contribution in [1.82, 2.24) is 9.97 Å². The quantitative estimate of drug-likeness (QED) is 0.826. The Morgan fingerprint density at radius 3 is 2.81 bits per heavy atom. The number of nitrogens with one attached hydrogen (secondary N) is 2. The van der Waals surface area contributed by atoms with Gasteiger partial charge in [-0.1, -0.05) is 32.0 Å². The number of carbonyl (C=O) groups is 1. The molecule has 1 atom stereocenters. The number of hydrogen-bond donors (Lipinski definition) is 2. The summed E-state index contributed by atoms with van der Waals surface area (Å²) in [6.45, 7) is 7.75. The minimum atomic E-state index is -0.251. The van der Waals surface area contributed by atoms with Gasteiger partial charge in [0.1, 0.15) is 11.5 Å². The maximum absolute atomic E-state index is 12.6. The van der Waals surface area contributed by atoms with E-state index in [9.17, 15) is 4.79 Å². The van der Waals surface area contributed by atoms with Crippen molar-refractivity contribution in [1.29, 1.82) is 0 Å². The molecule has 3 rings (SSSR count). The van der Waals surface area contributed by atoms with E-state index in [2.05, 4.69) is 34.4 Å². The Kier molecular flexibility index (Phi) is 5.83. The number of carbonyl (C=O) groups excluding carboxylic acids is 1. The van der Waals surface area contributed by atoms with Crippen molar-refractivity contribution in [3.8, 4) is 0 Å².